The van der Waals surface area contributed by atoms with Gasteiger partial charge in [0.15, 0.2) is 5.78 Å². The fourth-order valence-corrected chi connectivity index (χ4v) is 2.92. The third kappa shape index (κ3) is 4.57. The molecule has 0 aliphatic heterocycles. The maximum Gasteiger partial charge on any atom is 0.155 e. The van der Waals surface area contributed by atoms with Gasteiger partial charge in [-0.25, -0.2) is 0 Å². The number of hydrogen-bond donors (Lipinski definition) is 1. The zero-order chi connectivity index (χ0) is 18.7. The standard InChI is InChI=1S/C17H11N2.C5H8O2.Ir/c1-11-10-18-16-14-8-4-2-6-12(14)13-7-3-5-9-15(13)17(16)19-11;1-4(6)3-5(2)7;/h2-7,9-10H,1H3;3,6H,1-2H3;/q-1;;/b;4-3-;. The number of aromatic nitrogens is 2. The Kier molecular flexibility index (Phi) is 6.78. The third-order valence-electron chi connectivity index (χ3n) is 3.87. The normalized spacial score (nSPS) is 11.0. The molecule has 0 spiro atoms. The van der Waals surface area contributed by atoms with Crippen molar-refractivity contribution in [3.05, 3.63) is 72.3 Å². The molecule has 0 bridgehead atoms. The Morgan fingerprint density at radius 1 is 1.04 bits per heavy atom. The van der Waals surface area contributed by atoms with Crippen molar-refractivity contribution in [2.24, 2.45) is 0 Å². The summed E-state index contributed by atoms with van der Waals surface area (Å²) >= 11 is 0. The molecule has 1 heterocycles. The minimum Gasteiger partial charge on any atom is -0.512 e. The van der Waals surface area contributed by atoms with E-state index in [-0.39, 0.29) is 31.6 Å². The number of carbonyl (C=O) groups excluding carboxylic acids is 1. The van der Waals surface area contributed by atoms with E-state index in [1.54, 1.807) is 0 Å². The molecular weight excluding hydrogens is 516 g/mol. The molecule has 4 aromatic rings. The average Bonchev–Trinajstić information content (AvgIpc) is 2.61. The molecule has 0 fully saturated rings. The summed E-state index contributed by atoms with van der Waals surface area (Å²) in [6, 6.07) is 17.7. The number of aliphatic hydroxyl groups excluding tert-OH is 1. The molecule has 0 saturated heterocycles. The summed E-state index contributed by atoms with van der Waals surface area (Å²) in [4.78, 5) is 19.3. The largest absolute Gasteiger partial charge is 0.512 e. The molecule has 1 aromatic heterocycles. The van der Waals surface area contributed by atoms with Crippen molar-refractivity contribution in [1.29, 1.82) is 0 Å². The van der Waals surface area contributed by atoms with Gasteiger partial charge in [-0.1, -0.05) is 35.0 Å². The zero-order valence-electron chi connectivity index (χ0n) is 15.3. The Labute approximate surface area is 171 Å². The van der Waals surface area contributed by atoms with Crippen molar-refractivity contribution in [3.63, 3.8) is 0 Å². The van der Waals surface area contributed by atoms with Crippen LogP contribution in [0.2, 0.25) is 0 Å². The molecule has 0 amide bonds. The predicted octanol–water partition coefficient (Wildman–Crippen LogP) is 5.08. The van der Waals surface area contributed by atoms with Crippen molar-refractivity contribution in [1.82, 2.24) is 9.97 Å². The second kappa shape index (κ2) is 8.85. The van der Waals surface area contributed by atoms with Crippen LogP contribution in [0.15, 0.2) is 60.5 Å². The van der Waals surface area contributed by atoms with E-state index in [2.05, 4.69) is 40.3 Å². The van der Waals surface area contributed by atoms with Crippen LogP contribution in [0.1, 0.15) is 19.5 Å². The fourth-order valence-electron chi connectivity index (χ4n) is 2.92. The molecule has 0 aliphatic rings. The smallest absolute Gasteiger partial charge is 0.155 e. The van der Waals surface area contributed by atoms with Gasteiger partial charge in [-0.2, -0.15) is 0 Å². The first-order chi connectivity index (χ1) is 12.5. The van der Waals surface area contributed by atoms with Gasteiger partial charge in [-0.15, -0.1) is 29.7 Å². The molecule has 3 aromatic carbocycles. The Morgan fingerprint density at radius 2 is 1.70 bits per heavy atom. The van der Waals surface area contributed by atoms with E-state index in [0.29, 0.717) is 0 Å². The van der Waals surface area contributed by atoms with Crippen LogP contribution in [-0.2, 0) is 24.9 Å². The van der Waals surface area contributed by atoms with E-state index < -0.39 is 0 Å². The van der Waals surface area contributed by atoms with Crippen LogP contribution in [0.5, 0.6) is 0 Å². The maximum absolute atomic E-state index is 10.0. The number of rotatable bonds is 1. The number of hydrogen-bond acceptors (Lipinski definition) is 4. The SMILES string of the molecule is CC(=O)/C=C(/C)O.Cc1cnc2c3[c-]cccc3c3ccccc3c2n1.[Ir]. The molecule has 4 rings (SSSR count). The Hall–Kier alpha value is -2.62. The first-order valence-corrected chi connectivity index (χ1v) is 8.29. The van der Waals surface area contributed by atoms with Crippen LogP contribution in [0, 0.1) is 13.0 Å². The van der Waals surface area contributed by atoms with Crippen molar-refractivity contribution < 1.29 is 30.0 Å². The molecule has 4 nitrogen and oxygen atoms in total. The quantitative estimate of drug-likeness (QED) is 0.160. The number of fused-ring (bicyclic) bond motifs is 6. The fraction of sp³-hybridized carbons (Fsp3) is 0.136. The number of nitrogens with zero attached hydrogens (tertiary/aromatic N) is 2. The summed E-state index contributed by atoms with van der Waals surface area (Å²) in [7, 11) is 0. The second-order valence-electron chi connectivity index (χ2n) is 6.11. The van der Waals surface area contributed by atoms with E-state index in [0.717, 1.165) is 27.5 Å². The van der Waals surface area contributed by atoms with Crippen molar-refractivity contribution in [2.75, 3.05) is 0 Å². The van der Waals surface area contributed by atoms with Crippen LogP contribution in [0.4, 0.5) is 0 Å². The van der Waals surface area contributed by atoms with E-state index in [4.69, 9.17) is 5.11 Å². The number of aliphatic hydroxyl groups is 1. The Morgan fingerprint density at radius 3 is 2.33 bits per heavy atom. The van der Waals surface area contributed by atoms with Crippen LogP contribution >= 0.6 is 0 Å². The van der Waals surface area contributed by atoms with Crippen LogP contribution in [-0.4, -0.2) is 20.9 Å². The van der Waals surface area contributed by atoms with Gasteiger partial charge in [-0.3, -0.25) is 9.78 Å². The number of allylic oxidation sites excluding steroid dienone is 2. The number of carbonyl (C=O) groups is 1. The number of aryl methyl sites for hydroxylation is 1. The predicted molar refractivity (Wildman–Crippen MR) is 105 cm³/mol. The molecule has 0 unspecified atom stereocenters. The summed E-state index contributed by atoms with van der Waals surface area (Å²) in [6.07, 6.45) is 2.98. The average molecular weight is 536 g/mol. The van der Waals surface area contributed by atoms with E-state index >= 15 is 0 Å². The third-order valence-corrected chi connectivity index (χ3v) is 3.87. The van der Waals surface area contributed by atoms with Crippen LogP contribution in [0.3, 0.4) is 0 Å². The molecule has 0 saturated carbocycles. The summed E-state index contributed by atoms with van der Waals surface area (Å²) < 4.78 is 0. The van der Waals surface area contributed by atoms with Crippen molar-refractivity contribution >= 4 is 38.4 Å². The summed E-state index contributed by atoms with van der Waals surface area (Å²) in [5.41, 5.74) is 2.83. The molecule has 27 heavy (non-hydrogen) atoms. The molecule has 5 heteroatoms. The van der Waals surface area contributed by atoms with Gasteiger partial charge in [0.05, 0.1) is 17.0 Å². The second-order valence-corrected chi connectivity index (χ2v) is 6.11. The van der Waals surface area contributed by atoms with E-state index in [1.807, 2.05) is 31.3 Å². The topological polar surface area (TPSA) is 63.1 Å². The molecule has 1 N–H and O–H groups in total. The first-order valence-electron chi connectivity index (χ1n) is 8.29. The Bertz CT molecular complexity index is 1110. The summed E-state index contributed by atoms with van der Waals surface area (Å²) in [6.45, 7) is 4.82. The Balaban J connectivity index is 0.000000285. The van der Waals surface area contributed by atoms with Crippen molar-refractivity contribution in [3.8, 4) is 0 Å². The monoisotopic (exact) mass is 536 g/mol. The van der Waals surface area contributed by atoms with Gasteiger partial charge in [0.2, 0.25) is 0 Å². The van der Waals surface area contributed by atoms with Gasteiger partial charge < -0.3 is 10.1 Å². The molecule has 1 radical (unpaired) electrons. The van der Waals surface area contributed by atoms with Gasteiger partial charge in [0, 0.05) is 37.9 Å². The summed E-state index contributed by atoms with van der Waals surface area (Å²) in [5.74, 6) is -0.0625. The molecule has 139 valence electrons. The molecule has 0 aliphatic carbocycles. The van der Waals surface area contributed by atoms with E-state index in [9.17, 15) is 4.79 Å². The summed E-state index contributed by atoms with van der Waals surface area (Å²) in [5, 5.41) is 13.0. The molecular formula is C22H19IrN2O2-. The van der Waals surface area contributed by atoms with E-state index in [1.165, 1.54) is 30.7 Å². The van der Waals surface area contributed by atoms with Gasteiger partial charge in [-0.05, 0) is 26.2 Å². The first kappa shape index (κ1) is 20.7. The van der Waals surface area contributed by atoms with Gasteiger partial charge >= 0.3 is 0 Å². The van der Waals surface area contributed by atoms with Gasteiger partial charge in [0.1, 0.15) is 0 Å². The number of ketones is 1. The minimum atomic E-state index is -0.125. The van der Waals surface area contributed by atoms with Crippen molar-refractivity contribution in [2.45, 2.75) is 20.8 Å². The zero-order valence-corrected chi connectivity index (χ0v) is 17.7. The van der Waals surface area contributed by atoms with Crippen LogP contribution < -0.4 is 0 Å². The minimum absolute atomic E-state index is 0. The molecule has 0 atom stereocenters. The maximum atomic E-state index is 10.0. The van der Waals surface area contributed by atoms with Crippen LogP contribution in [0.25, 0.3) is 32.6 Å². The van der Waals surface area contributed by atoms with Gasteiger partial charge in [0.25, 0.3) is 0 Å². The number of benzene rings is 3.